The Morgan fingerprint density at radius 2 is 1.10 bits per heavy atom. The standard InChI is InChI=1S/C36H23N3O/c1-22-19-33-36(37-21-22)29-20-28(15-18-32(29)40-33)23-7-9-25(10-8-23)31-17-14-27-12-11-26-13-16-30(24-5-3-2-4-6-24)38-34(26)35(27)39-31/h2-21H,1H3. The number of benzene rings is 4. The highest BCUT2D eigenvalue weighted by molar-refractivity contribution is 6.05. The van der Waals surface area contributed by atoms with Crippen LogP contribution in [0.15, 0.2) is 126 Å². The van der Waals surface area contributed by atoms with Gasteiger partial charge in [-0.25, -0.2) is 9.97 Å². The quantitative estimate of drug-likeness (QED) is 0.221. The van der Waals surface area contributed by atoms with E-state index in [1.54, 1.807) is 0 Å². The summed E-state index contributed by atoms with van der Waals surface area (Å²) in [5.74, 6) is 0. The van der Waals surface area contributed by atoms with E-state index in [9.17, 15) is 0 Å². The maximum Gasteiger partial charge on any atom is 0.154 e. The van der Waals surface area contributed by atoms with Crippen molar-refractivity contribution >= 4 is 43.9 Å². The van der Waals surface area contributed by atoms with Crippen LogP contribution in [0.5, 0.6) is 0 Å². The summed E-state index contributed by atoms with van der Waals surface area (Å²) in [6.45, 7) is 2.03. The van der Waals surface area contributed by atoms with Crippen LogP contribution in [0, 0.1) is 6.92 Å². The highest BCUT2D eigenvalue weighted by atomic mass is 16.3. The molecule has 0 unspecified atom stereocenters. The first-order valence-electron chi connectivity index (χ1n) is 13.4. The molecule has 0 saturated heterocycles. The van der Waals surface area contributed by atoms with Gasteiger partial charge in [0.05, 0.1) is 22.4 Å². The minimum Gasteiger partial charge on any atom is -0.454 e. The zero-order valence-corrected chi connectivity index (χ0v) is 21.8. The predicted octanol–water partition coefficient (Wildman–Crippen LogP) is 9.39. The van der Waals surface area contributed by atoms with E-state index < -0.39 is 0 Å². The molecule has 4 aromatic carbocycles. The van der Waals surface area contributed by atoms with Crippen molar-refractivity contribution in [2.24, 2.45) is 0 Å². The van der Waals surface area contributed by atoms with Gasteiger partial charge >= 0.3 is 0 Å². The Hall–Kier alpha value is -5.35. The molecule has 4 heterocycles. The van der Waals surface area contributed by atoms with E-state index in [-0.39, 0.29) is 0 Å². The number of fused-ring (bicyclic) bond motifs is 6. The molecule has 8 rings (SSSR count). The van der Waals surface area contributed by atoms with E-state index in [1.807, 2.05) is 43.5 Å². The second-order valence-corrected chi connectivity index (χ2v) is 10.2. The largest absolute Gasteiger partial charge is 0.454 e. The molecule has 0 aliphatic rings. The van der Waals surface area contributed by atoms with E-state index >= 15 is 0 Å². The van der Waals surface area contributed by atoms with Gasteiger partial charge in [0, 0.05) is 33.5 Å². The van der Waals surface area contributed by atoms with Gasteiger partial charge in [-0.3, -0.25) is 4.98 Å². The van der Waals surface area contributed by atoms with Crippen molar-refractivity contribution in [3.05, 3.63) is 127 Å². The van der Waals surface area contributed by atoms with Crippen LogP contribution in [-0.4, -0.2) is 15.0 Å². The lowest BCUT2D eigenvalue weighted by Crippen LogP contribution is -1.91. The van der Waals surface area contributed by atoms with Crippen molar-refractivity contribution in [2.45, 2.75) is 6.92 Å². The maximum atomic E-state index is 6.02. The highest BCUT2D eigenvalue weighted by Gasteiger charge is 2.12. The third-order valence-corrected chi connectivity index (χ3v) is 7.55. The summed E-state index contributed by atoms with van der Waals surface area (Å²) in [6, 6.07) is 39.8. The fourth-order valence-corrected chi connectivity index (χ4v) is 5.46. The molecule has 0 aliphatic carbocycles. The van der Waals surface area contributed by atoms with Crippen LogP contribution in [0.1, 0.15) is 5.56 Å². The number of rotatable bonds is 3. The molecule has 0 spiro atoms. The Morgan fingerprint density at radius 3 is 1.80 bits per heavy atom. The Balaban J connectivity index is 1.19. The number of nitrogens with zero attached hydrogens (tertiary/aromatic N) is 3. The van der Waals surface area contributed by atoms with E-state index in [1.165, 1.54) is 0 Å². The molecular formula is C36H23N3O. The molecule has 0 atom stereocenters. The van der Waals surface area contributed by atoms with Crippen molar-refractivity contribution in [1.82, 2.24) is 15.0 Å². The highest BCUT2D eigenvalue weighted by Crippen LogP contribution is 2.33. The molecule has 0 radical (unpaired) electrons. The molecule has 4 heteroatoms. The predicted molar refractivity (Wildman–Crippen MR) is 163 cm³/mol. The average Bonchev–Trinajstić information content (AvgIpc) is 3.37. The molecule has 40 heavy (non-hydrogen) atoms. The van der Waals surface area contributed by atoms with Crippen molar-refractivity contribution < 1.29 is 4.42 Å². The summed E-state index contributed by atoms with van der Waals surface area (Å²) < 4.78 is 6.02. The minimum absolute atomic E-state index is 0.822. The summed E-state index contributed by atoms with van der Waals surface area (Å²) in [6.07, 6.45) is 1.89. The number of pyridine rings is 3. The van der Waals surface area contributed by atoms with Crippen LogP contribution in [0.2, 0.25) is 0 Å². The Bertz CT molecular complexity index is 2210. The Labute approximate surface area is 230 Å². The second-order valence-electron chi connectivity index (χ2n) is 10.2. The summed E-state index contributed by atoms with van der Waals surface area (Å²) in [5, 5.41) is 3.19. The molecule has 0 bridgehead atoms. The van der Waals surface area contributed by atoms with Crippen molar-refractivity contribution in [3.8, 4) is 33.6 Å². The lowest BCUT2D eigenvalue weighted by atomic mass is 10.0. The molecule has 0 amide bonds. The van der Waals surface area contributed by atoms with Crippen molar-refractivity contribution in [3.63, 3.8) is 0 Å². The lowest BCUT2D eigenvalue weighted by Gasteiger charge is -2.09. The Kier molecular flexibility index (Phi) is 5.01. The van der Waals surface area contributed by atoms with E-state index in [4.69, 9.17) is 14.4 Å². The van der Waals surface area contributed by atoms with Gasteiger partial charge in [0.25, 0.3) is 0 Å². The lowest BCUT2D eigenvalue weighted by molar-refractivity contribution is 0.667. The molecular weight excluding hydrogens is 490 g/mol. The van der Waals surface area contributed by atoms with Gasteiger partial charge in [0.15, 0.2) is 5.58 Å². The van der Waals surface area contributed by atoms with Crippen LogP contribution < -0.4 is 0 Å². The molecule has 0 N–H and O–H groups in total. The van der Waals surface area contributed by atoms with E-state index in [0.717, 1.165) is 83.1 Å². The van der Waals surface area contributed by atoms with Crippen molar-refractivity contribution in [2.75, 3.05) is 0 Å². The third kappa shape index (κ3) is 3.73. The number of hydrogen-bond donors (Lipinski definition) is 0. The molecule has 0 saturated carbocycles. The maximum absolute atomic E-state index is 6.02. The monoisotopic (exact) mass is 513 g/mol. The molecule has 0 aliphatic heterocycles. The van der Waals surface area contributed by atoms with Crippen molar-refractivity contribution in [1.29, 1.82) is 0 Å². The molecule has 4 aromatic heterocycles. The third-order valence-electron chi connectivity index (χ3n) is 7.55. The average molecular weight is 514 g/mol. The van der Waals surface area contributed by atoms with Gasteiger partial charge in [-0.05, 0) is 53.9 Å². The van der Waals surface area contributed by atoms with Crippen LogP contribution in [0.25, 0.3) is 77.5 Å². The topological polar surface area (TPSA) is 51.8 Å². The second kappa shape index (κ2) is 8.85. The van der Waals surface area contributed by atoms with Crippen LogP contribution in [0.3, 0.4) is 0 Å². The summed E-state index contributed by atoms with van der Waals surface area (Å²) in [7, 11) is 0. The van der Waals surface area contributed by atoms with E-state index in [0.29, 0.717) is 0 Å². The molecule has 0 fully saturated rings. The first-order chi connectivity index (χ1) is 19.7. The smallest absolute Gasteiger partial charge is 0.154 e. The SMILES string of the molecule is Cc1cnc2c(c1)oc1ccc(-c3ccc(-c4ccc5ccc6ccc(-c7ccccc7)nc6c5n4)cc3)cc12. The summed E-state index contributed by atoms with van der Waals surface area (Å²) >= 11 is 0. The zero-order chi connectivity index (χ0) is 26.6. The zero-order valence-electron chi connectivity index (χ0n) is 21.8. The fourth-order valence-electron chi connectivity index (χ4n) is 5.46. The van der Waals surface area contributed by atoms with Gasteiger partial charge < -0.3 is 4.42 Å². The molecule has 4 nitrogen and oxygen atoms in total. The Morgan fingerprint density at radius 1 is 0.500 bits per heavy atom. The van der Waals surface area contributed by atoms with Gasteiger partial charge in [-0.2, -0.15) is 0 Å². The van der Waals surface area contributed by atoms with Crippen LogP contribution >= 0.6 is 0 Å². The first-order valence-corrected chi connectivity index (χ1v) is 13.4. The number of aryl methyl sites for hydroxylation is 1. The van der Waals surface area contributed by atoms with Gasteiger partial charge in [-0.15, -0.1) is 0 Å². The number of furan rings is 1. The van der Waals surface area contributed by atoms with Crippen LogP contribution in [-0.2, 0) is 0 Å². The van der Waals surface area contributed by atoms with Gasteiger partial charge in [0.2, 0.25) is 0 Å². The molecule has 188 valence electrons. The fraction of sp³-hybridized carbons (Fsp3) is 0.0278. The van der Waals surface area contributed by atoms with Gasteiger partial charge in [-0.1, -0.05) is 84.9 Å². The number of aromatic nitrogens is 3. The number of hydrogen-bond acceptors (Lipinski definition) is 4. The first kappa shape index (κ1) is 22.6. The summed E-state index contributed by atoms with van der Waals surface area (Å²) in [4.78, 5) is 14.8. The van der Waals surface area contributed by atoms with E-state index in [2.05, 4.69) is 89.9 Å². The van der Waals surface area contributed by atoms with Gasteiger partial charge in [0.1, 0.15) is 11.1 Å². The normalized spacial score (nSPS) is 11.6. The summed E-state index contributed by atoms with van der Waals surface area (Å²) in [5.41, 5.74) is 11.8. The molecule has 8 aromatic rings. The van der Waals surface area contributed by atoms with Crippen LogP contribution in [0.4, 0.5) is 0 Å². The minimum atomic E-state index is 0.822.